The van der Waals surface area contributed by atoms with Crippen LogP contribution in [0.15, 0.2) is 12.7 Å². The number of carbonyl (C=O) groups excluding carboxylic acids is 1. The lowest BCUT2D eigenvalue weighted by Gasteiger charge is -2.42. The minimum absolute atomic E-state index is 0.224. The van der Waals surface area contributed by atoms with Gasteiger partial charge in [0.2, 0.25) is 0 Å². The Bertz CT molecular complexity index is 261. The van der Waals surface area contributed by atoms with Gasteiger partial charge in [-0.2, -0.15) is 0 Å². The molecule has 0 amide bonds. The zero-order valence-electron chi connectivity index (χ0n) is 9.61. The largest absolute Gasteiger partial charge is 0.299 e. The Kier molecular flexibility index (Phi) is 3.25. The fourth-order valence-corrected chi connectivity index (χ4v) is 3.21. The molecule has 0 aromatic carbocycles. The van der Waals surface area contributed by atoms with Crippen LogP contribution < -0.4 is 0 Å². The number of ketones is 1. The van der Waals surface area contributed by atoms with E-state index in [-0.39, 0.29) is 5.92 Å². The summed E-state index contributed by atoms with van der Waals surface area (Å²) in [7, 11) is 2.20. The predicted molar refractivity (Wildman–Crippen MR) is 61.7 cm³/mol. The van der Waals surface area contributed by atoms with Crippen LogP contribution in [0.2, 0.25) is 0 Å². The molecule has 0 aliphatic carbocycles. The molecule has 2 nitrogen and oxygen atoms in total. The van der Waals surface area contributed by atoms with Crippen molar-refractivity contribution in [2.24, 2.45) is 5.92 Å². The second-order valence-electron chi connectivity index (χ2n) is 4.97. The van der Waals surface area contributed by atoms with Crippen molar-refractivity contribution in [3.63, 3.8) is 0 Å². The summed E-state index contributed by atoms with van der Waals surface area (Å²) >= 11 is 0. The molecule has 2 saturated heterocycles. The van der Waals surface area contributed by atoms with Gasteiger partial charge in [-0.05, 0) is 26.3 Å². The Balaban J connectivity index is 2.18. The average molecular weight is 207 g/mol. The molecular formula is C13H21NO. The summed E-state index contributed by atoms with van der Waals surface area (Å²) < 4.78 is 0. The maximum absolute atomic E-state index is 12.0. The summed E-state index contributed by atoms with van der Waals surface area (Å²) in [6, 6.07) is 1.00. The van der Waals surface area contributed by atoms with Gasteiger partial charge in [0.15, 0.2) is 0 Å². The lowest BCUT2D eigenvalue weighted by atomic mass is 9.82. The second-order valence-corrected chi connectivity index (χ2v) is 4.97. The highest BCUT2D eigenvalue weighted by Crippen LogP contribution is 2.34. The Morgan fingerprint density at radius 3 is 2.93 bits per heavy atom. The number of Topliss-reactive ketones (excluding diaryl/α,β-unsaturated/α-hetero) is 1. The quantitative estimate of drug-likeness (QED) is 0.648. The Morgan fingerprint density at radius 1 is 1.47 bits per heavy atom. The summed E-state index contributed by atoms with van der Waals surface area (Å²) in [6.07, 6.45) is 8.51. The highest BCUT2D eigenvalue weighted by Gasteiger charge is 2.40. The van der Waals surface area contributed by atoms with Crippen LogP contribution in [0.25, 0.3) is 0 Å². The zero-order valence-corrected chi connectivity index (χ0v) is 9.61. The Labute approximate surface area is 92.3 Å². The average Bonchev–Trinajstić information content (AvgIpc) is 2.33. The highest BCUT2D eigenvalue weighted by molar-refractivity contribution is 5.83. The van der Waals surface area contributed by atoms with Crippen molar-refractivity contribution in [2.45, 2.75) is 50.6 Å². The molecule has 15 heavy (non-hydrogen) atoms. The Hall–Kier alpha value is -0.630. The molecule has 0 N–H and O–H groups in total. The molecule has 3 atom stereocenters. The number of piperidine rings is 1. The number of rotatable bonds is 2. The van der Waals surface area contributed by atoms with Crippen molar-refractivity contribution in [3.05, 3.63) is 12.7 Å². The van der Waals surface area contributed by atoms with E-state index in [1.807, 2.05) is 6.08 Å². The summed E-state index contributed by atoms with van der Waals surface area (Å²) in [5, 5.41) is 0. The van der Waals surface area contributed by atoms with Crippen LogP contribution in [0.5, 0.6) is 0 Å². The first-order valence-electron chi connectivity index (χ1n) is 6.09. The van der Waals surface area contributed by atoms with E-state index in [0.29, 0.717) is 17.9 Å². The van der Waals surface area contributed by atoms with Crippen LogP contribution in [0.1, 0.15) is 38.5 Å². The first-order chi connectivity index (χ1) is 7.24. The summed E-state index contributed by atoms with van der Waals surface area (Å²) in [4.78, 5) is 14.5. The van der Waals surface area contributed by atoms with E-state index in [9.17, 15) is 4.79 Å². The molecule has 0 aromatic rings. The SMILES string of the molecule is C=CC[C@@H]1C(=O)C[C@@H]2CCCC[C@H]1N2C. The van der Waals surface area contributed by atoms with Gasteiger partial charge in [-0.15, -0.1) is 6.58 Å². The monoisotopic (exact) mass is 207 g/mol. The molecule has 84 valence electrons. The molecule has 2 aliphatic rings. The molecule has 0 spiro atoms. The number of carbonyl (C=O) groups is 1. The van der Waals surface area contributed by atoms with Gasteiger partial charge in [-0.3, -0.25) is 9.69 Å². The molecular weight excluding hydrogens is 186 g/mol. The van der Waals surface area contributed by atoms with Gasteiger partial charge >= 0.3 is 0 Å². The summed E-state index contributed by atoms with van der Waals surface area (Å²) in [5.74, 6) is 0.701. The normalized spacial score (nSPS) is 37.4. The zero-order chi connectivity index (χ0) is 10.8. The van der Waals surface area contributed by atoms with Crippen molar-refractivity contribution in [2.75, 3.05) is 7.05 Å². The smallest absolute Gasteiger partial charge is 0.139 e. The van der Waals surface area contributed by atoms with Gasteiger partial charge in [-0.25, -0.2) is 0 Å². The van der Waals surface area contributed by atoms with Crippen LogP contribution in [0.4, 0.5) is 0 Å². The number of hydrogen-bond acceptors (Lipinski definition) is 2. The molecule has 0 radical (unpaired) electrons. The topological polar surface area (TPSA) is 20.3 Å². The van der Waals surface area contributed by atoms with Crippen molar-refractivity contribution in [1.29, 1.82) is 0 Å². The molecule has 2 heteroatoms. The Morgan fingerprint density at radius 2 is 2.20 bits per heavy atom. The van der Waals surface area contributed by atoms with Crippen molar-refractivity contribution in [3.8, 4) is 0 Å². The van der Waals surface area contributed by atoms with Crippen molar-refractivity contribution >= 4 is 5.78 Å². The van der Waals surface area contributed by atoms with Crippen molar-refractivity contribution in [1.82, 2.24) is 4.90 Å². The third kappa shape index (κ3) is 2.00. The molecule has 0 unspecified atom stereocenters. The van der Waals surface area contributed by atoms with Gasteiger partial charge in [0, 0.05) is 24.4 Å². The lowest BCUT2D eigenvalue weighted by molar-refractivity contribution is -0.130. The molecule has 0 saturated carbocycles. The van der Waals surface area contributed by atoms with E-state index >= 15 is 0 Å². The molecule has 2 heterocycles. The van der Waals surface area contributed by atoms with Gasteiger partial charge in [0.25, 0.3) is 0 Å². The van der Waals surface area contributed by atoms with Crippen LogP contribution in [0, 0.1) is 5.92 Å². The molecule has 2 bridgehead atoms. The first kappa shape index (κ1) is 10.9. The summed E-state index contributed by atoms with van der Waals surface area (Å²) in [5.41, 5.74) is 0. The van der Waals surface area contributed by atoms with Crippen molar-refractivity contribution < 1.29 is 4.79 Å². The maximum Gasteiger partial charge on any atom is 0.139 e. The third-order valence-corrected chi connectivity index (χ3v) is 4.12. The third-order valence-electron chi connectivity index (χ3n) is 4.12. The van der Waals surface area contributed by atoms with E-state index < -0.39 is 0 Å². The number of nitrogens with zero attached hydrogens (tertiary/aromatic N) is 1. The second kappa shape index (κ2) is 4.48. The van der Waals surface area contributed by atoms with E-state index in [2.05, 4.69) is 18.5 Å². The molecule has 2 aliphatic heterocycles. The molecule has 2 fully saturated rings. The predicted octanol–water partition coefficient (Wildman–Crippen LogP) is 2.39. The van der Waals surface area contributed by atoms with E-state index in [4.69, 9.17) is 0 Å². The van der Waals surface area contributed by atoms with Gasteiger partial charge in [-0.1, -0.05) is 18.9 Å². The number of hydrogen-bond donors (Lipinski definition) is 0. The minimum Gasteiger partial charge on any atom is -0.299 e. The minimum atomic E-state index is 0.224. The van der Waals surface area contributed by atoms with Gasteiger partial charge < -0.3 is 0 Å². The van der Waals surface area contributed by atoms with E-state index in [1.54, 1.807) is 0 Å². The number of allylic oxidation sites excluding steroid dienone is 1. The van der Waals surface area contributed by atoms with Crippen LogP contribution in [0.3, 0.4) is 0 Å². The lowest BCUT2D eigenvalue weighted by Crippen LogP contribution is -2.51. The first-order valence-corrected chi connectivity index (χ1v) is 6.09. The fourth-order valence-electron chi connectivity index (χ4n) is 3.21. The van der Waals surface area contributed by atoms with Gasteiger partial charge in [0.1, 0.15) is 5.78 Å². The maximum atomic E-state index is 12.0. The van der Waals surface area contributed by atoms with Gasteiger partial charge in [0.05, 0.1) is 0 Å². The molecule has 2 rings (SSSR count). The van der Waals surface area contributed by atoms with E-state index in [1.165, 1.54) is 25.7 Å². The highest BCUT2D eigenvalue weighted by atomic mass is 16.1. The van der Waals surface area contributed by atoms with Crippen LogP contribution in [-0.2, 0) is 4.79 Å². The van der Waals surface area contributed by atoms with Crippen LogP contribution >= 0.6 is 0 Å². The fraction of sp³-hybridized carbons (Fsp3) is 0.769. The van der Waals surface area contributed by atoms with E-state index in [0.717, 1.165) is 12.8 Å². The number of fused-ring (bicyclic) bond motifs is 2. The summed E-state index contributed by atoms with van der Waals surface area (Å²) in [6.45, 7) is 3.77. The molecule has 0 aromatic heterocycles. The van der Waals surface area contributed by atoms with Crippen LogP contribution in [-0.4, -0.2) is 29.8 Å². The standard InChI is InChI=1S/C13H21NO/c1-3-6-11-12-8-5-4-7-10(14(12)2)9-13(11)15/h3,10-12H,1,4-9H2,2H3/t10-,11-,12+/m0/s1.